The molecule has 0 spiro atoms. The fourth-order valence-corrected chi connectivity index (χ4v) is 3.27. The molecule has 0 saturated heterocycles. The second-order valence-electron chi connectivity index (χ2n) is 3.52. The zero-order chi connectivity index (χ0) is 12.0. The normalized spacial score (nSPS) is 11.4. The maximum Gasteiger partial charge on any atom is 0.356 e. The molecule has 0 radical (unpaired) electrons. The lowest BCUT2D eigenvalue weighted by Gasteiger charge is -1.95. The Morgan fingerprint density at radius 2 is 2.35 bits per heavy atom. The first-order valence-electron chi connectivity index (χ1n) is 4.88. The number of thiazole rings is 1. The lowest BCUT2D eigenvalue weighted by atomic mass is 10.3. The van der Waals surface area contributed by atoms with E-state index in [9.17, 15) is 4.79 Å². The maximum absolute atomic E-state index is 10.8. The highest BCUT2D eigenvalue weighted by molar-refractivity contribution is 7.98. The maximum atomic E-state index is 10.8. The van der Waals surface area contributed by atoms with E-state index in [0.29, 0.717) is 0 Å². The minimum Gasteiger partial charge on any atom is -0.476 e. The first-order valence-corrected chi connectivity index (χ1v) is 6.92. The number of fused-ring (bicyclic) bond motifs is 3. The lowest BCUT2D eigenvalue weighted by Crippen LogP contribution is -1.95. The second-order valence-corrected chi connectivity index (χ2v) is 5.41. The average molecular weight is 264 g/mol. The van der Waals surface area contributed by atoms with Crippen molar-refractivity contribution >= 4 is 44.2 Å². The van der Waals surface area contributed by atoms with Crippen LogP contribution in [0.2, 0.25) is 0 Å². The summed E-state index contributed by atoms with van der Waals surface area (Å²) in [4.78, 5) is 16.8. The van der Waals surface area contributed by atoms with E-state index in [1.54, 1.807) is 18.0 Å². The Kier molecular flexibility index (Phi) is 2.34. The van der Waals surface area contributed by atoms with Crippen molar-refractivity contribution in [3.63, 3.8) is 0 Å². The Morgan fingerprint density at radius 1 is 1.53 bits per heavy atom. The minimum absolute atomic E-state index is 0.0899. The highest BCUT2D eigenvalue weighted by Crippen LogP contribution is 2.29. The van der Waals surface area contributed by atoms with Crippen molar-refractivity contribution in [2.75, 3.05) is 6.26 Å². The molecule has 17 heavy (non-hydrogen) atoms. The number of imidazole rings is 1. The molecule has 4 nitrogen and oxygen atoms in total. The summed E-state index contributed by atoms with van der Waals surface area (Å²) in [5.41, 5.74) is 1.09. The summed E-state index contributed by atoms with van der Waals surface area (Å²) in [7, 11) is 0. The van der Waals surface area contributed by atoms with Crippen LogP contribution in [0.3, 0.4) is 0 Å². The molecule has 0 atom stereocenters. The lowest BCUT2D eigenvalue weighted by molar-refractivity contribution is 0.0691. The molecule has 0 amide bonds. The molecule has 0 aliphatic rings. The fourth-order valence-electron chi connectivity index (χ4n) is 1.71. The number of nitrogens with zero attached hydrogens (tertiary/aromatic N) is 2. The SMILES string of the molecule is CSc1ccc2c(c1)sc1nc(C(=O)O)cn12. The Bertz CT molecular complexity index is 730. The van der Waals surface area contributed by atoms with Gasteiger partial charge in [0.1, 0.15) is 0 Å². The van der Waals surface area contributed by atoms with E-state index in [1.807, 2.05) is 22.8 Å². The zero-order valence-electron chi connectivity index (χ0n) is 8.88. The molecular weight excluding hydrogens is 256 g/mol. The van der Waals surface area contributed by atoms with Gasteiger partial charge in [0.2, 0.25) is 0 Å². The summed E-state index contributed by atoms with van der Waals surface area (Å²) < 4.78 is 2.95. The van der Waals surface area contributed by atoms with Crippen LogP contribution >= 0.6 is 23.1 Å². The number of hydrogen-bond acceptors (Lipinski definition) is 4. The van der Waals surface area contributed by atoms with Crippen molar-refractivity contribution in [2.45, 2.75) is 4.90 Å². The van der Waals surface area contributed by atoms with Crippen LogP contribution in [-0.4, -0.2) is 26.7 Å². The monoisotopic (exact) mass is 264 g/mol. The Balaban J connectivity index is 2.30. The average Bonchev–Trinajstić information content (AvgIpc) is 2.84. The van der Waals surface area contributed by atoms with Crippen molar-refractivity contribution in [2.24, 2.45) is 0 Å². The van der Waals surface area contributed by atoms with Gasteiger partial charge in [-0.25, -0.2) is 9.78 Å². The summed E-state index contributed by atoms with van der Waals surface area (Å²) in [6.45, 7) is 0. The third kappa shape index (κ3) is 1.60. The van der Waals surface area contributed by atoms with Crippen LogP contribution in [0.4, 0.5) is 0 Å². The van der Waals surface area contributed by atoms with Crippen LogP contribution in [-0.2, 0) is 0 Å². The van der Waals surface area contributed by atoms with Crippen LogP contribution in [0.1, 0.15) is 10.5 Å². The summed E-state index contributed by atoms with van der Waals surface area (Å²) >= 11 is 3.19. The predicted octanol–water partition coefficient (Wildman–Crippen LogP) is 2.97. The van der Waals surface area contributed by atoms with Crippen molar-refractivity contribution in [3.05, 3.63) is 30.1 Å². The molecule has 1 N–H and O–H groups in total. The number of hydrogen-bond donors (Lipinski definition) is 1. The summed E-state index contributed by atoms with van der Waals surface area (Å²) in [5.74, 6) is -0.991. The number of carboxylic acid groups (broad SMARTS) is 1. The Morgan fingerprint density at radius 3 is 3.06 bits per heavy atom. The number of aromatic carboxylic acids is 1. The molecule has 0 aliphatic heterocycles. The topological polar surface area (TPSA) is 54.6 Å². The number of rotatable bonds is 2. The highest BCUT2D eigenvalue weighted by atomic mass is 32.2. The third-order valence-corrected chi connectivity index (χ3v) is 4.26. The van der Waals surface area contributed by atoms with E-state index in [2.05, 4.69) is 11.1 Å². The van der Waals surface area contributed by atoms with E-state index in [-0.39, 0.29) is 5.69 Å². The molecule has 2 aromatic heterocycles. The van der Waals surface area contributed by atoms with Gasteiger partial charge < -0.3 is 5.11 Å². The third-order valence-electron chi connectivity index (χ3n) is 2.52. The first-order chi connectivity index (χ1) is 8.19. The largest absolute Gasteiger partial charge is 0.476 e. The number of benzene rings is 1. The number of carbonyl (C=O) groups is 1. The molecule has 0 aliphatic carbocycles. The molecule has 6 heteroatoms. The molecule has 3 rings (SSSR count). The summed E-state index contributed by atoms with van der Waals surface area (Å²) in [6.07, 6.45) is 3.59. The van der Waals surface area contributed by atoms with Crippen LogP contribution in [0.15, 0.2) is 29.3 Å². The summed E-state index contributed by atoms with van der Waals surface area (Å²) in [6, 6.07) is 6.12. The van der Waals surface area contributed by atoms with Gasteiger partial charge in [-0.1, -0.05) is 11.3 Å². The second kappa shape index (κ2) is 3.75. The number of aromatic nitrogens is 2. The van der Waals surface area contributed by atoms with E-state index in [0.717, 1.165) is 15.2 Å². The van der Waals surface area contributed by atoms with Gasteiger partial charge in [-0.05, 0) is 24.5 Å². The molecule has 0 saturated carbocycles. The van der Waals surface area contributed by atoms with E-state index in [4.69, 9.17) is 5.11 Å². The molecule has 3 aromatic rings. The fraction of sp³-hybridized carbons (Fsp3) is 0.0909. The van der Waals surface area contributed by atoms with Gasteiger partial charge in [0.25, 0.3) is 0 Å². The number of thioether (sulfide) groups is 1. The van der Waals surface area contributed by atoms with Gasteiger partial charge in [0.05, 0.1) is 10.2 Å². The van der Waals surface area contributed by atoms with Crippen LogP contribution in [0, 0.1) is 0 Å². The Labute approximate surface area is 105 Å². The predicted molar refractivity (Wildman–Crippen MR) is 69.3 cm³/mol. The molecule has 2 heterocycles. The zero-order valence-corrected chi connectivity index (χ0v) is 10.5. The van der Waals surface area contributed by atoms with E-state index >= 15 is 0 Å². The van der Waals surface area contributed by atoms with Gasteiger partial charge in [-0.3, -0.25) is 4.40 Å². The van der Waals surface area contributed by atoms with Crippen LogP contribution in [0.25, 0.3) is 15.2 Å². The van der Waals surface area contributed by atoms with E-state index in [1.165, 1.54) is 16.2 Å². The van der Waals surface area contributed by atoms with Gasteiger partial charge in [-0.2, -0.15) is 0 Å². The van der Waals surface area contributed by atoms with Crippen molar-refractivity contribution in [1.82, 2.24) is 9.38 Å². The van der Waals surface area contributed by atoms with Crippen LogP contribution in [0.5, 0.6) is 0 Å². The summed E-state index contributed by atoms with van der Waals surface area (Å²) in [5, 5.41) is 8.88. The molecule has 0 unspecified atom stereocenters. The van der Waals surface area contributed by atoms with E-state index < -0.39 is 5.97 Å². The first kappa shape index (κ1) is 10.6. The molecule has 0 bridgehead atoms. The standard InChI is InChI=1S/C11H8N2O2S2/c1-16-6-2-3-8-9(4-6)17-11-12-7(10(14)15)5-13(8)11/h2-5H,1H3,(H,14,15). The minimum atomic E-state index is -0.991. The van der Waals surface area contributed by atoms with Crippen molar-refractivity contribution < 1.29 is 9.90 Å². The van der Waals surface area contributed by atoms with Crippen LogP contribution < -0.4 is 0 Å². The quantitative estimate of drug-likeness (QED) is 0.723. The number of carboxylic acids is 1. The smallest absolute Gasteiger partial charge is 0.356 e. The van der Waals surface area contributed by atoms with Crippen molar-refractivity contribution in [1.29, 1.82) is 0 Å². The molecular formula is C11H8N2O2S2. The molecule has 0 fully saturated rings. The highest BCUT2D eigenvalue weighted by Gasteiger charge is 2.12. The Hall–Kier alpha value is -1.53. The van der Waals surface area contributed by atoms with Gasteiger partial charge in [-0.15, -0.1) is 11.8 Å². The van der Waals surface area contributed by atoms with Gasteiger partial charge in [0, 0.05) is 11.1 Å². The molecule has 86 valence electrons. The van der Waals surface area contributed by atoms with Gasteiger partial charge in [0.15, 0.2) is 10.7 Å². The van der Waals surface area contributed by atoms with Crippen molar-refractivity contribution in [3.8, 4) is 0 Å². The van der Waals surface area contributed by atoms with Gasteiger partial charge >= 0.3 is 5.97 Å². The molecule has 1 aromatic carbocycles.